The van der Waals surface area contributed by atoms with E-state index in [0.717, 1.165) is 0 Å². The van der Waals surface area contributed by atoms with Crippen molar-refractivity contribution in [1.29, 1.82) is 0 Å². The number of alkyl halides is 6. The maximum absolute atomic E-state index is 11.7. The first-order chi connectivity index (χ1) is 4.50. The Balaban J connectivity index is 4.75. The van der Waals surface area contributed by atoms with Gasteiger partial charge in [0, 0.05) is 0 Å². The predicted octanol–water partition coefficient (Wildman–Crippen LogP) is 3.50. The van der Waals surface area contributed by atoms with Crippen LogP contribution in [0.3, 0.4) is 0 Å². The van der Waals surface area contributed by atoms with Crippen LogP contribution in [0, 0.1) is 0 Å². The summed E-state index contributed by atoms with van der Waals surface area (Å²) in [4.78, 5) is 0. The third kappa shape index (κ3) is 2.77. The molecule has 0 aromatic heterocycles. The summed E-state index contributed by atoms with van der Waals surface area (Å²) in [6, 6.07) is 0. The third-order valence-corrected chi connectivity index (χ3v) is 16.4. The van der Waals surface area contributed by atoms with E-state index in [9.17, 15) is 26.3 Å². The normalized spacial score (nSPS) is 15.3. The van der Waals surface area contributed by atoms with Gasteiger partial charge in [-0.25, -0.2) is 0 Å². The van der Waals surface area contributed by atoms with Crippen LogP contribution in [0.25, 0.3) is 0 Å². The molecule has 0 atom stereocenters. The molecule has 0 aliphatic heterocycles. The molecule has 0 unspecified atom stereocenters. The van der Waals surface area contributed by atoms with Crippen molar-refractivity contribution in [1.82, 2.24) is 0 Å². The van der Waals surface area contributed by atoms with Gasteiger partial charge >= 0.3 is 83.4 Å². The monoisotopic (exact) mass is 466 g/mol. The number of hydrogen-bond donors (Lipinski definition) is 0. The fourth-order valence-corrected chi connectivity index (χ4v) is 0.835. The van der Waals surface area contributed by atoms with Crippen molar-refractivity contribution >= 4 is 47.1 Å². The second kappa shape index (κ2) is 3.38. The molecule has 9 heteroatoms. The first-order valence-corrected chi connectivity index (χ1v) is 16.9. The van der Waals surface area contributed by atoms with E-state index in [4.69, 9.17) is 0 Å². The van der Waals surface area contributed by atoms with Crippen LogP contribution in [0.15, 0.2) is 0 Å². The van der Waals surface area contributed by atoms with Crippen LogP contribution in [0.4, 0.5) is 26.3 Å². The van der Waals surface area contributed by atoms with E-state index in [1.165, 1.54) is 0 Å². The van der Waals surface area contributed by atoms with Crippen molar-refractivity contribution in [3.8, 4) is 0 Å². The van der Waals surface area contributed by atoms with Gasteiger partial charge in [-0.1, -0.05) is 0 Å². The van der Waals surface area contributed by atoms with Gasteiger partial charge in [-0.3, -0.25) is 0 Å². The van der Waals surface area contributed by atoms with Crippen molar-refractivity contribution in [2.24, 2.45) is 0 Å². The van der Waals surface area contributed by atoms with Crippen LogP contribution in [0.1, 0.15) is 0 Å². The average molecular weight is 464 g/mol. The molecule has 0 nitrogen and oxygen atoms in total. The summed E-state index contributed by atoms with van der Waals surface area (Å²) in [5, 5.41) is -10.2. The van der Waals surface area contributed by atoms with E-state index in [1.54, 1.807) is 0 Å². The molecule has 0 saturated heterocycles. The predicted molar refractivity (Wildman–Crippen MR) is 45.9 cm³/mol. The van der Waals surface area contributed by atoms with Crippen molar-refractivity contribution in [3.63, 3.8) is 0 Å². The first-order valence-electron chi connectivity index (χ1n) is 2.01. The minimum absolute atomic E-state index is 0.513. The zero-order chi connectivity index (χ0) is 9.50. The number of halogens is 8. The Morgan fingerprint density at radius 2 is 0.909 bits per heavy atom. The molecule has 0 saturated carbocycles. The van der Waals surface area contributed by atoms with Gasteiger partial charge in [-0.05, 0) is 0 Å². The standard InChI is InChI=1S/C2F6GeI2/c3-1(4,5)9(10,11)2(6,7)8. The molecule has 0 rings (SSSR count). The molecule has 0 spiro atoms. The first kappa shape index (κ1) is 12.6. The van der Waals surface area contributed by atoms with Gasteiger partial charge in [0.2, 0.25) is 0 Å². The van der Waals surface area contributed by atoms with E-state index in [2.05, 4.69) is 0 Å². The SMILES string of the molecule is F[C](F)(F)[Ge]([I])([I])[C](F)(F)F. The van der Waals surface area contributed by atoms with Gasteiger partial charge in [0.15, 0.2) is 0 Å². The van der Waals surface area contributed by atoms with Crippen LogP contribution in [0.2, 0.25) is 0 Å². The summed E-state index contributed by atoms with van der Waals surface area (Å²) in [6.45, 7) is -5.68. The van der Waals surface area contributed by atoms with Gasteiger partial charge in [0.1, 0.15) is 0 Å². The van der Waals surface area contributed by atoms with Crippen LogP contribution >= 0.6 is 40.4 Å². The molecule has 68 valence electrons. The van der Waals surface area contributed by atoms with E-state index in [1.807, 2.05) is 0 Å². The summed E-state index contributed by atoms with van der Waals surface area (Å²) in [7, 11) is 0. The topological polar surface area (TPSA) is 0 Å². The molecule has 0 aromatic rings. The molecular formula is C2F6GeI2. The molecule has 0 aliphatic carbocycles. The Morgan fingerprint density at radius 3 is 0.909 bits per heavy atom. The number of rotatable bonds is 0. The molecule has 0 aromatic carbocycles. The van der Waals surface area contributed by atoms with Crippen LogP contribution in [-0.4, -0.2) is 16.7 Å². The van der Waals surface area contributed by atoms with E-state index in [0.29, 0.717) is 40.4 Å². The average Bonchev–Trinajstić information content (AvgIpc) is 1.58. The molecule has 0 bridgehead atoms. The fraction of sp³-hybridized carbons (Fsp3) is 1.00. The second-order valence-electron chi connectivity index (χ2n) is 1.57. The summed E-state index contributed by atoms with van der Waals surface area (Å²) in [6.07, 6.45) is 0. The summed E-state index contributed by atoms with van der Waals surface area (Å²) >= 11 is 1.03. The van der Waals surface area contributed by atoms with Gasteiger partial charge < -0.3 is 0 Å². The van der Waals surface area contributed by atoms with Gasteiger partial charge in [0.25, 0.3) is 0 Å². The second-order valence-corrected chi connectivity index (χ2v) is 33.9. The molecule has 0 N–H and O–H groups in total. The van der Waals surface area contributed by atoms with Gasteiger partial charge in [0.05, 0.1) is 0 Å². The van der Waals surface area contributed by atoms with Crippen LogP contribution < -0.4 is 0 Å². The van der Waals surface area contributed by atoms with Gasteiger partial charge in [-0.15, -0.1) is 0 Å². The molecule has 0 fully saturated rings. The van der Waals surface area contributed by atoms with Crippen molar-refractivity contribution in [2.45, 2.75) is 10.0 Å². The molecule has 0 amide bonds. The van der Waals surface area contributed by atoms with Crippen molar-refractivity contribution in [3.05, 3.63) is 0 Å². The zero-order valence-corrected chi connectivity index (χ0v) is 10.9. The Kier molecular flexibility index (Phi) is 3.87. The van der Waals surface area contributed by atoms with E-state index >= 15 is 0 Å². The van der Waals surface area contributed by atoms with E-state index in [-0.39, 0.29) is 0 Å². The van der Waals surface area contributed by atoms with E-state index < -0.39 is 16.7 Å². The van der Waals surface area contributed by atoms with Crippen LogP contribution in [-0.2, 0) is 0 Å². The minimum atomic E-state index is -5.68. The third-order valence-electron chi connectivity index (χ3n) is 0.712. The maximum atomic E-state index is 11.7. The van der Waals surface area contributed by atoms with Crippen molar-refractivity contribution in [2.75, 3.05) is 0 Å². The quantitative estimate of drug-likeness (QED) is 0.293. The molecule has 0 radical (unpaired) electrons. The van der Waals surface area contributed by atoms with Crippen LogP contribution in [0.5, 0.6) is 0 Å². The van der Waals surface area contributed by atoms with Crippen molar-refractivity contribution < 1.29 is 26.3 Å². The zero-order valence-electron chi connectivity index (χ0n) is 4.52. The van der Waals surface area contributed by atoms with Gasteiger partial charge in [-0.2, -0.15) is 0 Å². The number of hydrogen-bond acceptors (Lipinski definition) is 0. The Labute approximate surface area is 82.7 Å². The molecule has 0 heterocycles. The Hall–Kier alpha value is 1.58. The summed E-state index contributed by atoms with van der Waals surface area (Å²) < 4.78 is 70.1. The Morgan fingerprint density at radius 1 is 0.727 bits per heavy atom. The Bertz CT molecular complexity index is 130. The summed E-state index contributed by atoms with van der Waals surface area (Å²) in [5.74, 6) is 0. The molecule has 11 heavy (non-hydrogen) atoms. The summed E-state index contributed by atoms with van der Waals surface area (Å²) in [5.41, 5.74) is 0. The molecular weight excluding hydrogens is 464 g/mol. The fourth-order valence-electron chi connectivity index (χ4n) is 0.161. The molecule has 0 aliphatic rings.